The Bertz CT molecular complexity index is 359. The van der Waals surface area contributed by atoms with Gasteiger partial charge in [0.15, 0.2) is 0 Å². The maximum Gasteiger partial charge on any atom is 0.126 e. The third-order valence-electron chi connectivity index (χ3n) is 3.16. The summed E-state index contributed by atoms with van der Waals surface area (Å²) in [6.07, 6.45) is 0. The molecule has 0 amide bonds. The van der Waals surface area contributed by atoms with Crippen LogP contribution in [0, 0.1) is 12.7 Å². The molecule has 1 aromatic carbocycles. The predicted octanol–water partition coefficient (Wildman–Crippen LogP) is 1.84. The summed E-state index contributed by atoms with van der Waals surface area (Å²) in [5.41, 5.74) is 7.46. The minimum atomic E-state index is -0.121. The largest absolute Gasteiger partial charge is 0.325 e. The second-order valence-corrected chi connectivity index (χ2v) is 4.40. The molecule has 1 aromatic rings. The smallest absolute Gasteiger partial charge is 0.126 e. The van der Waals surface area contributed by atoms with Crippen LogP contribution in [0.5, 0.6) is 0 Å². The standard InChI is InChI=1S/C12H17FN2/c1-8-3-4-10(5-12(8)13)9(2)15-6-11(14)7-15/h3-5,9,11H,6-7,14H2,1-2H3. The molecular weight excluding hydrogens is 191 g/mol. The first-order valence-electron chi connectivity index (χ1n) is 5.33. The molecule has 0 spiro atoms. The lowest BCUT2D eigenvalue weighted by Crippen LogP contribution is -2.56. The van der Waals surface area contributed by atoms with E-state index in [1.165, 1.54) is 0 Å². The number of rotatable bonds is 2. The summed E-state index contributed by atoms with van der Waals surface area (Å²) >= 11 is 0. The Morgan fingerprint density at radius 1 is 1.47 bits per heavy atom. The van der Waals surface area contributed by atoms with Crippen LogP contribution in [0.4, 0.5) is 4.39 Å². The first-order valence-corrected chi connectivity index (χ1v) is 5.33. The van der Waals surface area contributed by atoms with Crippen LogP contribution in [0.1, 0.15) is 24.1 Å². The molecule has 2 rings (SSSR count). The quantitative estimate of drug-likeness (QED) is 0.803. The van der Waals surface area contributed by atoms with Crippen LogP contribution >= 0.6 is 0 Å². The molecule has 3 heteroatoms. The zero-order valence-electron chi connectivity index (χ0n) is 9.20. The van der Waals surface area contributed by atoms with E-state index in [4.69, 9.17) is 5.73 Å². The fraction of sp³-hybridized carbons (Fsp3) is 0.500. The van der Waals surface area contributed by atoms with Crippen molar-refractivity contribution < 1.29 is 4.39 Å². The summed E-state index contributed by atoms with van der Waals surface area (Å²) in [5.74, 6) is -0.121. The Labute approximate surface area is 89.9 Å². The Morgan fingerprint density at radius 3 is 2.67 bits per heavy atom. The minimum absolute atomic E-state index is 0.121. The maximum atomic E-state index is 13.4. The molecule has 1 aliphatic rings. The lowest BCUT2D eigenvalue weighted by atomic mass is 10.00. The van der Waals surface area contributed by atoms with Gasteiger partial charge < -0.3 is 5.73 Å². The summed E-state index contributed by atoms with van der Waals surface area (Å²) < 4.78 is 13.4. The Morgan fingerprint density at radius 2 is 2.13 bits per heavy atom. The summed E-state index contributed by atoms with van der Waals surface area (Å²) in [6, 6.07) is 6.01. The van der Waals surface area contributed by atoms with Crippen LogP contribution in [-0.2, 0) is 0 Å². The van der Waals surface area contributed by atoms with E-state index in [9.17, 15) is 4.39 Å². The minimum Gasteiger partial charge on any atom is -0.325 e. The Kier molecular flexibility index (Phi) is 2.76. The summed E-state index contributed by atoms with van der Waals surface area (Å²) in [6.45, 7) is 5.70. The second-order valence-electron chi connectivity index (χ2n) is 4.40. The van der Waals surface area contributed by atoms with Crippen molar-refractivity contribution in [3.63, 3.8) is 0 Å². The fourth-order valence-corrected chi connectivity index (χ4v) is 1.94. The van der Waals surface area contributed by atoms with Gasteiger partial charge >= 0.3 is 0 Å². The van der Waals surface area contributed by atoms with E-state index >= 15 is 0 Å². The average molecular weight is 208 g/mol. The van der Waals surface area contributed by atoms with E-state index in [-0.39, 0.29) is 11.9 Å². The normalized spacial score (nSPS) is 20.0. The monoisotopic (exact) mass is 208 g/mol. The van der Waals surface area contributed by atoms with Gasteiger partial charge in [-0.3, -0.25) is 4.90 Å². The molecule has 0 radical (unpaired) electrons. The zero-order chi connectivity index (χ0) is 11.0. The van der Waals surface area contributed by atoms with E-state index in [0.29, 0.717) is 11.6 Å². The van der Waals surface area contributed by atoms with Crippen LogP contribution in [0.3, 0.4) is 0 Å². The van der Waals surface area contributed by atoms with Gasteiger partial charge in [-0.25, -0.2) is 4.39 Å². The molecule has 0 aromatic heterocycles. The van der Waals surface area contributed by atoms with Gasteiger partial charge in [0.1, 0.15) is 5.82 Å². The molecule has 1 aliphatic heterocycles. The molecule has 0 aliphatic carbocycles. The van der Waals surface area contributed by atoms with Gasteiger partial charge in [-0.15, -0.1) is 0 Å². The van der Waals surface area contributed by atoms with E-state index < -0.39 is 0 Å². The zero-order valence-corrected chi connectivity index (χ0v) is 9.20. The SMILES string of the molecule is Cc1ccc(C(C)N2CC(N)C2)cc1F. The number of aryl methyl sites for hydroxylation is 1. The molecule has 1 atom stereocenters. The van der Waals surface area contributed by atoms with Crippen molar-refractivity contribution in [2.75, 3.05) is 13.1 Å². The molecule has 15 heavy (non-hydrogen) atoms. The topological polar surface area (TPSA) is 29.3 Å². The lowest BCUT2D eigenvalue weighted by Gasteiger charge is -2.41. The van der Waals surface area contributed by atoms with Crippen molar-refractivity contribution in [1.82, 2.24) is 4.90 Å². The van der Waals surface area contributed by atoms with E-state index in [2.05, 4.69) is 11.8 Å². The number of likely N-dealkylation sites (tertiary alicyclic amines) is 1. The molecule has 2 nitrogen and oxygen atoms in total. The molecule has 0 bridgehead atoms. The van der Waals surface area contributed by atoms with Crippen molar-refractivity contribution in [3.05, 3.63) is 35.1 Å². The number of hydrogen-bond acceptors (Lipinski definition) is 2. The molecule has 1 heterocycles. The van der Waals surface area contributed by atoms with Crippen LogP contribution in [0.15, 0.2) is 18.2 Å². The average Bonchev–Trinajstić information content (AvgIpc) is 2.16. The summed E-state index contributed by atoms with van der Waals surface area (Å²) in [5, 5.41) is 0. The third kappa shape index (κ3) is 2.03. The molecule has 82 valence electrons. The Hall–Kier alpha value is -0.930. The third-order valence-corrected chi connectivity index (χ3v) is 3.16. The Balaban J connectivity index is 2.12. The highest BCUT2D eigenvalue weighted by atomic mass is 19.1. The van der Waals surface area contributed by atoms with Crippen LogP contribution in [-0.4, -0.2) is 24.0 Å². The van der Waals surface area contributed by atoms with Crippen LogP contribution in [0.25, 0.3) is 0 Å². The summed E-state index contributed by atoms with van der Waals surface area (Å²) in [7, 11) is 0. The van der Waals surface area contributed by atoms with Crippen LogP contribution < -0.4 is 5.73 Å². The number of halogens is 1. The van der Waals surface area contributed by atoms with Crippen molar-refractivity contribution >= 4 is 0 Å². The molecule has 2 N–H and O–H groups in total. The van der Waals surface area contributed by atoms with Crippen LogP contribution in [0.2, 0.25) is 0 Å². The number of nitrogens with zero attached hydrogens (tertiary/aromatic N) is 1. The van der Waals surface area contributed by atoms with E-state index in [1.54, 1.807) is 13.0 Å². The van der Waals surface area contributed by atoms with Gasteiger partial charge in [-0.1, -0.05) is 12.1 Å². The van der Waals surface area contributed by atoms with Gasteiger partial charge in [0.25, 0.3) is 0 Å². The van der Waals surface area contributed by atoms with Crippen molar-refractivity contribution in [1.29, 1.82) is 0 Å². The van der Waals surface area contributed by atoms with Gasteiger partial charge in [0.2, 0.25) is 0 Å². The van der Waals surface area contributed by atoms with Crippen molar-refractivity contribution in [3.8, 4) is 0 Å². The van der Waals surface area contributed by atoms with E-state index in [0.717, 1.165) is 18.7 Å². The highest BCUT2D eigenvalue weighted by molar-refractivity contribution is 5.25. The van der Waals surface area contributed by atoms with E-state index in [1.807, 2.05) is 12.1 Å². The fourth-order valence-electron chi connectivity index (χ4n) is 1.94. The molecule has 1 fully saturated rings. The van der Waals surface area contributed by atoms with Gasteiger partial charge in [-0.2, -0.15) is 0 Å². The van der Waals surface area contributed by atoms with Gasteiger partial charge in [0, 0.05) is 25.2 Å². The summed E-state index contributed by atoms with van der Waals surface area (Å²) in [4.78, 5) is 2.26. The highest BCUT2D eigenvalue weighted by Crippen LogP contribution is 2.25. The molecule has 1 unspecified atom stereocenters. The van der Waals surface area contributed by atoms with Crippen molar-refractivity contribution in [2.24, 2.45) is 5.73 Å². The lowest BCUT2D eigenvalue weighted by molar-refractivity contribution is 0.103. The predicted molar refractivity (Wildman–Crippen MR) is 59.1 cm³/mol. The second kappa shape index (κ2) is 3.91. The maximum absolute atomic E-state index is 13.4. The van der Waals surface area contributed by atoms with Gasteiger partial charge in [0.05, 0.1) is 0 Å². The number of benzene rings is 1. The first-order chi connectivity index (χ1) is 7.08. The number of nitrogens with two attached hydrogens (primary N) is 1. The number of hydrogen-bond donors (Lipinski definition) is 1. The van der Waals surface area contributed by atoms with Crippen molar-refractivity contribution in [2.45, 2.75) is 25.9 Å². The highest BCUT2D eigenvalue weighted by Gasteiger charge is 2.28. The molecule has 1 saturated heterocycles. The molecule has 0 saturated carbocycles. The first kappa shape index (κ1) is 10.6. The molecular formula is C12H17FN2. The van der Waals surface area contributed by atoms with Gasteiger partial charge in [-0.05, 0) is 31.0 Å².